The van der Waals surface area contributed by atoms with Crippen LogP contribution < -0.4 is 5.32 Å². The van der Waals surface area contributed by atoms with Crippen molar-refractivity contribution in [2.75, 3.05) is 13.1 Å². The van der Waals surface area contributed by atoms with Crippen LogP contribution in [0.5, 0.6) is 0 Å². The van der Waals surface area contributed by atoms with Crippen LogP contribution in [0.2, 0.25) is 0 Å². The summed E-state index contributed by atoms with van der Waals surface area (Å²) in [6.45, 7) is 3.62. The molecular formula is C19H29N3O2S2. The van der Waals surface area contributed by atoms with Crippen LogP contribution in [0.15, 0.2) is 9.72 Å². The van der Waals surface area contributed by atoms with E-state index in [-0.39, 0.29) is 11.8 Å². The van der Waals surface area contributed by atoms with Crippen LogP contribution in [0, 0.1) is 6.92 Å². The highest BCUT2D eigenvalue weighted by molar-refractivity contribution is 8.01. The van der Waals surface area contributed by atoms with Crippen molar-refractivity contribution >= 4 is 34.9 Å². The van der Waals surface area contributed by atoms with Gasteiger partial charge < -0.3 is 10.2 Å². The first kappa shape index (κ1) is 19.7. The molecule has 2 fully saturated rings. The number of carbonyl (C=O) groups excluding carboxylic acids is 2. The van der Waals surface area contributed by atoms with Gasteiger partial charge in [-0.05, 0) is 51.9 Å². The van der Waals surface area contributed by atoms with Gasteiger partial charge in [-0.2, -0.15) is 0 Å². The predicted molar refractivity (Wildman–Crippen MR) is 107 cm³/mol. The van der Waals surface area contributed by atoms with Gasteiger partial charge in [0.1, 0.15) is 4.34 Å². The normalized spacial score (nSPS) is 23.9. The van der Waals surface area contributed by atoms with Gasteiger partial charge in [-0.1, -0.05) is 11.8 Å². The van der Waals surface area contributed by atoms with Crippen LogP contribution >= 0.6 is 23.1 Å². The molecule has 1 saturated heterocycles. The first-order valence-electron chi connectivity index (χ1n) is 9.76. The maximum absolute atomic E-state index is 12.2. The van der Waals surface area contributed by atoms with Crippen molar-refractivity contribution in [3.05, 3.63) is 11.1 Å². The van der Waals surface area contributed by atoms with Crippen molar-refractivity contribution in [3.63, 3.8) is 0 Å². The minimum Gasteiger partial charge on any atom is -0.353 e. The molecule has 5 nitrogen and oxygen atoms in total. The van der Waals surface area contributed by atoms with Crippen molar-refractivity contribution in [2.24, 2.45) is 0 Å². The van der Waals surface area contributed by atoms with Gasteiger partial charge in [-0.15, -0.1) is 11.3 Å². The Kier molecular flexibility index (Phi) is 7.37. The lowest BCUT2D eigenvalue weighted by atomic mass is 9.95. The molecule has 144 valence electrons. The lowest BCUT2D eigenvalue weighted by molar-refractivity contribution is -0.133. The summed E-state index contributed by atoms with van der Waals surface area (Å²) in [5, 5.41) is 5.92. The molecule has 2 aliphatic rings. The highest BCUT2D eigenvalue weighted by atomic mass is 32.2. The molecule has 0 bridgehead atoms. The third-order valence-corrected chi connectivity index (χ3v) is 7.58. The number of aryl methyl sites for hydroxylation is 1. The SMILES string of the molecule is Cc1csc(SC2CCC(NC(=O)CCCN3CCCCC3=O)CC2)n1. The number of carbonyl (C=O) groups is 2. The van der Waals surface area contributed by atoms with Crippen LogP contribution in [-0.4, -0.2) is 46.1 Å². The quantitative estimate of drug-likeness (QED) is 0.763. The number of amides is 2. The van der Waals surface area contributed by atoms with Gasteiger partial charge in [0.05, 0.1) is 0 Å². The van der Waals surface area contributed by atoms with Gasteiger partial charge in [0.2, 0.25) is 11.8 Å². The van der Waals surface area contributed by atoms with E-state index >= 15 is 0 Å². The summed E-state index contributed by atoms with van der Waals surface area (Å²) in [5.41, 5.74) is 1.10. The van der Waals surface area contributed by atoms with Crippen LogP contribution in [0.3, 0.4) is 0 Å². The fourth-order valence-electron chi connectivity index (χ4n) is 3.68. The molecule has 2 amide bonds. The van der Waals surface area contributed by atoms with E-state index in [9.17, 15) is 9.59 Å². The molecule has 1 N–H and O–H groups in total. The Morgan fingerprint density at radius 1 is 1.35 bits per heavy atom. The molecule has 0 aromatic carbocycles. The van der Waals surface area contributed by atoms with Crippen molar-refractivity contribution in [1.82, 2.24) is 15.2 Å². The molecule has 1 aromatic heterocycles. The average Bonchev–Trinajstić information content (AvgIpc) is 3.03. The second-order valence-electron chi connectivity index (χ2n) is 7.36. The summed E-state index contributed by atoms with van der Waals surface area (Å²) in [7, 11) is 0. The van der Waals surface area contributed by atoms with Crippen LogP contribution in [0.25, 0.3) is 0 Å². The van der Waals surface area contributed by atoms with E-state index in [2.05, 4.69) is 15.7 Å². The van der Waals surface area contributed by atoms with Crippen LogP contribution in [0.1, 0.15) is 63.5 Å². The summed E-state index contributed by atoms with van der Waals surface area (Å²) < 4.78 is 1.17. The fourth-order valence-corrected chi connectivity index (χ4v) is 5.97. The Labute approximate surface area is 164 Å². The topological polar surface area (TPSA) is 62.3 Å². The van der Waals surface area contributed by atoms with Crippen molar-refractivity contribution < 1.29 is 9.59 Å². The first-order chi connectivity index (χ1) is 12.6. The predicted octanol–water partition coefficient (Wildman–Crippen LogP) is 3.76. The molecule has 0 unspecified atom stereocenters. The van der Waals surface area contributed by atoms with E-state index < -0.39 is 0 Å². The monoisotopic (exact) mass is 395 g/mol. The van der Waals surface area contributed by atoms with Crippen molar-refractivity contribution in [1.29, 1.82) is 0 Å². The largest absolute Gasteiger partial charge is 0.353 e. The number of nitrogens with one attached hydrogen (secondary N) is 1. The Bertz CT molecular complexity index is 612. The van der Waals surface area contributed by atoms with Crippen LogP contribution in [0.4, 0.5) is 0 Å². The minimum absolute atomic E-state index is 0.140. The smallest absolute Gasteiger partial charge is 0.222 e. The summed E-state index contributed by atoms with van der Waals surface area (Å²) in [6.07, 6.45) is 8.46. The first-order valence-corrected chi connectivity index (χ1v) is 11.5. The lowest BCUT2D eigenvalue weighted by Gasteiger charge is -2.29. The van der Waals surface area contributed by atoms with Gasteiger partial charge in [0.15, 0.2) is 0 Å². The number of hydrogen-bond acceptors (Lipinski definition) is 5. The number of rotatable bonds is 7. The standard InChI is InChI=1S/C19H29N3O2S2/c1-14-13-25-19(20-14)26-16-9-7-15(8-10-16)21-17(23)5-4-12-22-11-3-2-6-18(22)24/h13,15-16H,2-12H2,1H3,(H,21,23). The second kappa shape index (κ2) is 9.74. The summed E-state index contributed by atoms with van der Waals surface area (Å²) in [5.74, 6) is 0.393. The number of thiazole rings is 1. The van der Waals surface area contributed by atoms with E-state index in [0.717, 1.165) is 63.7 Å². The lowest BCUT2D eigenvalue weighted by Crippen LogP contribution is -2.39. The Morgan fingerprint density at radius 3 is 2.85 bits per heavy atom. The van der Waals surface area contributed by atoms with Gasteiger partial charge in [0.25, 0.3) is 0 Å². The molecule has 1 aliphatic carbocycles. The zero-order valence-corrected chi connectivity index (χ0v) is 17.2. The molecular weight excluding hydrogens is 366 g/mol. The summed E-state index contributed by atoms with van der Waals surface area (Å²) in [4.78, 5) is 30.4. The zero-order chi connectivity index (χ0) is 18.4. The number of aromatic nitrogens is 1. The maximum atomic E-state index is 12.2. The molecule has 0 spiro atoms. The van der Waals surface area contributed by atoms with Gasteiger partial charge in [-0.25, -0.2) is 4.98 Å². The number of piperidine rings is 1. The zero-order valence-electron chi connectivity index (χ0n) is 15.5. The third kappa shape index (κ3) is 5.98. The molecule has 26 heavy (non-hydrogen) atoms. The van der Waals surface area contributed by atoms with Gasteiger partial charge >= 0.3 is 0 Å². The molecule has 2 heterocycles. The molecule has 1 saturated carbocycles. The van der Waals surface area contributed by atoms with Crippen molar-refractivity contribution in [3.8, 4) is 0 Å². The molecule has 1 aliphatic heterocycles. The number of likely N-dealkylation sites (tertiary alicyclic amines) is 1. The van der Waals surface area contributed by atoms with Crippen molar-refractivity contribution in [2.45, 2.75) is 80.3 Å². The van der Waals surface area contributed by atoms with E-state index in [1.807, 2.05) is 23.6 Å². The van der Waals surface area contributed by atoms with Gasteiger partial charge in [0, 0.05) is 48.3 Å². The minimum atomic E-state index is 0.140. The Morgan fingerprint density at radius 2 is 2.15 bits per heavy atom. The second-order valence-corrected chi connectivity index (χ2v) is 9.76. The number of hydrogen-bond donors (Lipinski definition) is 1. The molecule has 7 heteroatoms. The van der Waals surface area contributed by atoms with Gasteiger partial charge in [-0.3, -0.25) is 9.59 Å². The Hall–Kier alpha value is -1.08. The molecule has 1 aromatic rings. The highest BCUT2D eigenvalue weighted by Gasteiger charge is 2.24. The average molecular weight is 396 g/mol. The summed E-state index contributed by atoms with van der Waals surface area (Å²) >= 11 is 3.62. The van der Waals surface area contributed by atoms with E-state index in [0.29, 0.717) is 24.1 Å². The highest BCUT2D eigenvalue weighted by Crippen LogP contribution is 2.35. The molecule has 3 rings (SSSR count). The molecule has 0 atom stereocenters. The number of nitrogens with zero attached hydrogens (tertiary/aromatic N) is 2. The fraction of sp³-hybridized carbons (Fsp3) is 0.737. The van der Waals surface area contributed by atoms with E-state index in [4.69, 9.17) is 0 Å². The maximum Gasteiger partial charge on any atom is 0.222 e. The van der Waals surface area contributed by atoms with E-state index in [1.165, 1.54) is 4.34 Å². The van der Waals surface area contributed by atoms with E-state index in [1.54, 1.807) is 11.3 Å². The summed E-state index contributed by atoms with van der Waals surface area (Å²) in [6, 6.07) is 0.314. The van der Waals surface area contributed by atoms with Crippen LogP contribution in [-0.2, 0) is 9.59 Å². The molecule has 0 radical (unpaired) electrons. The Balaban J connectivity index is 1.30. The third-order valence-electron chi connectivity index (χ3n) is 5.16. The number of thioether (sulfide) groups is 1.